The van der Waals surface area contributed by atoms with E-state index in [-0.39, 0.29) is 12.1 Å². The summed E-state index contributed by atoms with van der Waals surface area (Å²) in [6, 6.07) is 15.5. The van der Waals surface area contributed by atoms with Crippen molar-refractivity contribution >= 4 is 40.4 Å². The van der Waals surface area contributed by atoms with Crippen LogP contribution < -0.4 is 10.1 Å². The number of carbonyl (C=O) groups excluding carboxylic acids is 2. The third kappa shape index (κ3) is 6.10. The summed E-state index contributed by atoms with van der Waals surface area (Å²) in [5.74, 6) is 0.805. The number of likely N-dealkylation sites (tertiary alicyclic amines) is 1. The smallest absolute Gasteiger partial charge is 0.410 e. The van der Waals surface area contributed by atoms with E-state index in [9.17, 15) is 9.59 Å². The fourth-order valence-electron chi connectivity index (χ4n) is 4.17. The number of amides is 3. The Labute approximate surface area is 208 Å². The minimum absolute atomic E-state index is 0.135. The normalized spacial score (nSPS) is 17.2. The quantitative estimate of drug-likeness (QED) is 0.358. The van der Waals surface area contributed by atoms with Gasteiger partial charge in [-0.15, -0.1) is 0 Å². The van der Waals surface area contributed by atoms with Gasteiger partial charge in [0, 0.05) is 41.7 Å². The van der Waals surface area contributed by atoms with Gasteiger partial charge in [-0.1, -0.05) is 25.5 Å². The van der Waals surface area contributed by atoms with E-state index in [0.717, 1.165) is 29.8 Å². The van der Waals surface area contributed by atoms with Gasteiger partial charge in [-0.3, -0.25) is 4.90 Å². The summed E-state index contributed by atoms with van der Waals surface area (Å²) in [4.78, 5) is 28.8. The lowest BCUT2D eigenvalue weighted by atomic mass is 9.91. The monoisotopic (exact) mass is 563 g/mol. The molecular formula is C25H30IN3O4. The molecule has 2 aromatic carbocycles. The molecule has 7 nitrogen and oxygen atoms in total. The predicted octanol–water partition coefficient (Wildman–Crippen LogP) is 5.49. The summed E-state index contributed by atoms with van der Waals surface area (Å²) in [6.07, 6.45) is 3.12. The second-order valence-electron chi connectivity index (χ2n) is 8.68. The minimum atomic E-state index is -0.505. The number of unbranched alkanes of at least 4 members (excludes halogenated alkanes) is 1. The Balaban J connectivity index is 1.26. The average Bonchev–Trinajstić information content (AvgIpc) is 3.11. The molecular weight excluding hydrogens is 533 g/mol. The third-order valence-electron chi connectivity index (χ3n) is 6.16. The van der Waals surface area contributed by atoms with Crippen molar-refractivity contribution < 1.29 is 19.1 Å². The van der Waals surface area contributed by atoms with Crippen LogP contribution in [-0.2, 0) is 11.3 Å². The van der Waals surface area contributed by atoms with Crippen LogP contribution in [0.3, 0.4) is 0 Å². The number of hydrogen-bond donors (Lipinski definition) is 1. The Morgan fingerprint density at radius 1 is 1.12 bits per heavy atom. The molecule has 3 amide bonds. The fraction of sp³-hybridized carbons (Fsp3) is 0.440. The lowest BCUT2D eigenvalue weighted by Crippen LogP contribution is -2.49. The zero-order valence-corrected chi connectivity index (χ0v) is 21.0. The molecule has 33 heavy (non-hydrogen) atoms. The van der Waals surface area contributed by atoms with Crippen LogP contribution in [0, 0.1) is 3.57 Å². The number of halogens is 1. The first-order chi connectivity index (χ1) is 16.0. The van der Waals surface area contributed by atoms with Crippen molar-refractivity contribution in [2.45, 2.75) is 44.8 Å². The predicted molar refractivity (Wildman–Crippen MR) is 135 cm³/mol. The third-order valence-corrected chi connectivity index (χ3v) is 6.88. The number of carbonyl (C=O) groups is 2. The lowest BCUT2D eigenvalue weighted by Gasteiger charge is -2.37. The van der Waals surface area contributed by atoms with E-state index >= 15 is 0 Å². The van der Waals surface area contributed by atoms with E-state index < -0.39 is 5.60 Å². The molecule has 1 N–H and O–H groups in total. The maximum absolute atomic E-state index is 12.7. The van der Waals surface area contributed by atoms with E-state index in [4.69, 9.17) is 9.47 Å². The second-order valence-corrected chi connectivity index (χ2v) is 9.92. The van der Waals surface area contributed by atoms with Crippen molar-refractivity contribution in [3.63, 3.8) is 0 Å². The number of urea groups is 1. The van der Waals surface area contributed by atoms with Crippen LogP contribution in [0.2, 0.25) is 0 Å². The Morgan fingerprint density at radius 3 is 2.48 bits per heavy atom. The summed E-state index contributed by atoms with van der Waals surface area (Å²) < 4.78 is 12.6. The van der Waals surface area contributed by atoms with E-state index in [1.54, 1.807) is 9.80 Å². The Bertz CT molecular complexity index is 957. The largest absolute Gasteiger partial charge is 0.494 e. The number of rotatable bonds is 7. The zero-order chi connectivity index (χ0) is 23.3. The molecule has 2 fully saturated rings. The molecule has 2 aliphatic heterocycles. The number of anilines is 1. The summed E-state index contributed by atoms with van der Waals surface area (Å²) >= 11 is 2.27. The van der Waals surface area contributed by atoms with Gasteiger partial charge < -0.3 is 19.7 Å². The maximum atomic E-state index is 12.7. The van der Waals surface area contributed by atoms with Crippen LogP contribution in [0.4, 0.5) is 15.3 Å². The topological polar surface area (TPSA) is 71.1 Å². The average molecular weight is 563 g/mol. The molecule has 0 radical (unpaired) electrons. The molecule has 0 bridgehead atoms. The van der Waals surface area contributed by atoms with Gasteiger partial charge >= 0.3 is 12.1 Å². The molecule has 8 heteroatoms. The second kappa shape index (κ2) is 10.6. The molecule has 0 aromatic heterocycles. The molecule has 2 saturated heterocycles. The van der Waals surface area contributed by atoms with Gasteiger partial charge in [-0.25, -0.2) is 9.59 Å². The molecule has 176 valence electrons. The van der Waals surface area contributed by atoms with Crippen LogP contribution in [0.15, 0.2) is 48.5 Å². The molecule has 4 rings (SSSR count). The van der Waals surface area contributed by atoms with Crippen molar-refractivity contribution in [2.24, 2.45) is 0 Å². The molecule has 1 spiro atoms. The van der Waals surface area contributed by atoms with Crippen LogP contribution in [0.25, 0.3) is 0 Å². The fourth-order valence-corrected chi connectivity index (χ4v) is 4.53. The van der Waals surface area contributed by atoms with Crippen LogP contribution >= 0.6 is 22.6 Å². The Hall–Kier alpha value is -2.49. The van der Waals surface area contributed by atoms with Crippen molar-refractivity contribution in [3.05, 3.63) is 57.7 Å². The highest BCUT2D eigenvalue weighted by Gasteiger charge is 2.47. The van der Waals surface area contributed by atoms with Crippen molar-refractivity contribution in [1.29, 1.82) is 0 Å². The van der Waals surface area contributed by atoms with Gasteiger partial charge in [0.05, 0.1) is 13.2 Å². The SMILES string of the molecule is CCCCOc1ccc(NC(=O)N2CCC3(CC2)CN(Cc2ccc(I)cc2)C(=O)O3)cc1. The van der Waals surface area contributed by atoms with Gasteiger partial charge in [0.2, 0.25) is 0 Å². The molecule has 2 aromatic rings. The molecule has 2 heterocycles. The highest BCUT2D eigenvalue weighted by Crippen LogP contribution is 2.34. The van der Waals surface area contributed by atoms with Crippen LogP contribution in [0.1, 0.15) is 38.2 Å². The maximum Gasteiger partial charge on any atom is 0.410 e. The summed E-state index contributed by atoms with van der Waals surface area (Å²) in [5, 5.41) is 2.95. The molecule has 0 atom stereocenters. The summed E-state index contributed by atoms with van der Waals surface area (Å²) in [7, 11) is 0. The molecule has 0 unspecified atom stereocenters. The van der Waals surface area contributed by atoms with Gasteiger partial charge in [-0.2, -0.15) is 0 Å². The number of benzene rings is 2. The number of piperidine rings is 1. The van der Waals surface area contributed by atoms with E-state index in [1.807, 2.05) is 48.5 Å². The van der Waals surface area contributed by atoms with Crippen molar-refractivity contribution in [3.8, 4) is 5.75 Å². The van der Waals surface area contributed by atoms with Gasteiger partial charge in [-0.05, 0) is 71.0 Å². The van der Waals surface area contributed by atoms with Crippen molar-refractivity contribution in [2.75, 3.05) is 31.6 Å². The highest BCUT2D eigenvalue weighted by molar-refractivity contribution is 14.1. The highest BCUT2D eigenvalue weighted by atomic mass is 127. The molecule has 0 saturated carbocycles. The van der Waals surface area contributed by atoms with E-state index in [1.165, 1.54) is 3.57 Å². The van der Waals surface area contributed by atoms with Gasteiger partial charge in [0.15, 0.2) is 0 Å². The first-order valence-electron chi connectivity index (χ1n) is 11.5. The standard InChI is InChI=1S/C25H30IN3O4/c1-2-3-16-32-22-10-8-21(9-11-22)27-23(30)28-14-12-25(13-15-28)18-29(24(31)33-25)17-19-4-6-20(26)7-5-19/h4-11H,2-3,12-18H2,1H3,(H,27,30). The minimum Gasteiger partial charge on any atom is -0.494 e. The van der Waals surface area contributed by atoms with Gasteiger partial charge in [0.1, 0.15) is 11.4 Å². The molecule has 2 aliphatic rings. The van der Waals surface area contributed by atoms with Crippen LogP contribution in [-0.4, -0.2) is 53.8 Å². The number of nitrogens with zero attached hydrogens (tertiary/aromatic N) is 2. The van der Waals surface area contributed by atoms with E-state index in [0.29, 0.717) is 45.6 Å². The lowest BCUT2D eigenvalue weighted by molar-refractivity contribution is 0.0109. The first kappa shape index (κ1) is 23.7. The van der Waals surface area contributed by atoms with Crippen LogP contribution in [0.5, 0.6) is 5.75 Å². The Kier molecular flexibility index (Phi) is 7.62. The summed E-state index contributed by atoms with van der Waals surface area (Å²) in [6.45, 7) is 5.03. The number of nitrogens with one attached hydrogen (secondary N) is 1. The van der Waals surface area contributed by atoms with Gasteiger partial charge in [0.25, 0.3) is 0 Å². The molecule has 0 aliphatic carbocycles. The number of hydrogen-bond acceptors (Lipinski definition) is 4. The van der Waals surface area contributed by atoms with E-state index in [2.05, 4.69) is 34.8 Å². The van der Waals surface area contributed by atoms with Crippen molar-refractivity contribution in [1.82, 2.24) is 9.80 Å². The summed E-state index contributed by atoms with van der Waals surface area (Å²) in [5.41, 5.74) is 1.32. The Morgan fingerprint density at radius 2 is 1.82 bits per heavy atom. The first-order valence-corrected chi connectivity index (χ1v) is 12.6. The number of ether oxygens (including phenoxy) is 2. The zero-order valence-electron chi connectivity index (χ0n) is 18.9.